The first-order valence-electron chi connectivity index (χ1n) is 11.6. The summed E-state index contributed by atoms with van der Waals surface area (Å²) >= 11 is 7.72. The third kappa shape index (κ3) is 6.11. The van der Waals surface area contributed by atoms with Gasteiger partial charge in [-0.2, -0.15) is 4.98 Å². The number of anilines is 1. The molecule has 1 N–H and O–H groups in total. The Bertz CT molecular complexity index is 1300. The van der Waals surface area contributed by atoms with E-state index in [1.165, 1.54) is 0 Å². The van der Waals surface area contributed by atoms with Crippen LogP contribution in [0.1, 0.15) is 18.7 Å². The molecule has 1 aliphatic rings. The van der Waals surface area contributed by atoms with Crippen molar-refractivity contribution >= 4 is 35.0 Å². The van der Waals surface area contributed by atoms with Crippen molar-refractivity contribution in [3.05, 3.63) is 89.8 Å². The smallest absolute Gasteiger partial charge is 0.241 e. The monoisotopic (exact) mass is 504 g/mol. The Labute approximate surface area is 213 Å². The van der Waals surface area contributed by atoms with Crippen molar-refractivity contribution in [2.75, 3.05) is 18.4 Å². The molecule has 2 heterocycles. The third-order valence-corrected chi connectivity index (χ3v) is 7.22. The maximum atomic E-state index is 13.2. The molecule has 4 aromatic rings. The SMILES string of the molecule is O=C(Nc1ccccc1Sc1ccccc1)C1CCCN(Cc2nc(-c3cccc(Cl)c3)no2)C1. The molecule has 8 heteroatoms. The fourth-order valence-electron chi connectivity index (χ4n) is 4.18. The number of benzene rings is 3. The normalized spacial score (nSPS) is 16.2. The molecule has 0 aliphatic carbocycles. The molecule has 1 aromatic heterocycles. The van der Waals surface area contributed by atoms with Gasteiger partial charge in [0.25, 0.3) is 0 Å². The summed E-state index contributed by atoms with van der Waals surface area (Å²) in [7, 11) is 0. The van der Waals surface area contributed by atoms with Crippen LogP contribution in [-0.2, 0) is 11.3 Å². The predicted octanol–water partition coefficient (Wildman–Crippen LogP) is 6.39. The van der Waals surface area contributed by atoms with Crippen LogP contribution in [0, 0.1) is 5.92 Å². The van der Waals surface area contributed by atoms with Gasteiger partial charge in [0, 0.05) is 26.9 Å². The van der Waals surface area contributed by atoms with Crippen molar-refractivity contribution < 1.29 is 9.32 Å². The van der Waals surface area contributed by atoms with E-state index in [-0.39, 0.29) is 11.8 Å². The van der Waals surface area contributed by atoms with E-state index in [4.69, 9.17) is 16.1 Å². The van der Waals surface area contributed by atoms with E-state index in [9.17, 15) is 4.79 Å². The lowest BCUT2D eigenvalue weighted by atomic mass is 9.97. The first kappa shape index (κ1) is 23.6. The summed E-state index contributed by atoms with van der Waals surface area (Å²) in [5, 5.41) is 7.89. The number of hydrogen-bond acceptors (Lipinski definition) is 6. The van der Waals surface area contributed by atoms with E-state index in [2.05, 4.69) is 32.5 Å². The number of nitrogens with one attached hydrogen (secondary N) is 1. The van der Waals surface area contributed by atoms with E-state index in [0.29, 0.717) is 29.8 Å². The number of aromatic nitrogens is 2. The Hall–Kier alpha value is -3.13. The quantitative estimate of drug-likeness (QED) is 0.314. The van der Waals surface area contributed by atoms with Crippen LogP contribution >= 0.6 is 23.4 Å². The van der Waals surface area contributed by atoms with Gasteiger partial charge in [-0.05, 0) is 55.8 Å². The Morgan fingerprint density at radius 1 is 1.09 bits per heavy atom. The minimum absolute atomic E-state index is 0.0426. The lowest BCUT2D eigenvalue weighted by Crippen LogP contribution is -2.40. The standard InChI is InChI=1S/C27H25ClN4O2S/c28-21-10-6-8-19(16-21)26-30-25(34-31-26)18-32-15-7-9-20(17-32)27(33)29-23-13-4-5-14-24(23)35-22-11-2-1-3-12-22/h1-6,8,10-14,16,20H,7,9,15,17-18H2,(H,29,33). The number of hydrogen-bond donors (Lipinski definition) is 1. The van der Waals surface area contributed by atoms with Crippen molar-refractivity contribution in [1.82, 2.24) is 15.0 Å². The van der Waals surface area contributed by atoms with Gasteiger partial charge in [-0.1, -0.05) is 71.0 Å². The zero-order valence-electron chi connectivity index (χ0n) is 19.1. The molecule has 5 rings (SSSR count). The van der Waals surface area contributed by atoms with Crippen molar-refractivity contribution in [3.8, 4) is 11.4 Å². The number of rotatable bonds is 7. The molecule has 178 valence electrons. The highest BCUT2D eigenvalue weighted by molar-refractivity contribution is 7.99. The van der Waals surface area contributed by atoms with Gasteiger partial charge in [-0.15, -0.1) is 0 Å². The number of nitrogens with zero attached hydrogens (tertiary/aromatic N) is 3. The number of halogens is 1. The van der Waals surface area contributed by atoms with Crippen molar-refractivity contribution in [1.29, 1.82) is 0 Å². The fourth-order valence-corrected chi connectivity index (χ4v) is 5.29. The molecule has 0 radical (unpaired) electrons. The number of likely N-dealkylation sites (tertiary alicyclic amines) is 1. The maximum absolute atomic E-state index is 13.2. The molecule has 1 unspecified atom stereocenters. The van der Waals surface area contributed by atoms with Crippen LogP contribution in [-0.4, -0.2) is 34.0 Å². The van der Waals surface area contributed by atoms with Crippen LogP contribution in [0.4, 0.5) is 5.69 Å². The maximum Gasteiger partial charge on any atom is 0.241 e. The Kier molecular flexibility index (Phi) is 7.47. The average Bonchev–Trinajstić information content (AvgIpc) is 3.34. The van der Waals surface area contributed by atoms with Gasteiger partial charge in [0.2, 0.25) is 17.6 Å². The highest BCUT2D eigenvalue weighted by Crippen LogP contribution is 2.33. The van der Waals surface area contributed by atoms with Crippen molar-refractivity contribution in [2.24, 2.45) is 5.92 Å². The number of carbonyl (C=O) groups excluding carboxylic acids is 1. The summed E-state index contributed by atoms with van der Waals surface area (Å²) in [4.78, 5) is 22.1. The zero-order valence-corrected chi connectivity index (χ0v) is 20.6. The Balaban J connectivity index is 1.21. The van der Waals surface area contributed by atoms with Gasteiger partial charge in [0.05, 0.1) is 18.2 Å². The minimum atomic E-state index is -0.103. The largest absolute Gasteiger partial charge is 0.338 e. The van der Waals surface area contributed by atoms with E-state index in [1.54, 1.807) is 11.8 Å². The molecule has 0 saturated carbocycles. The summed E-state index contributed by atoms with van der Waals surface area (Å²) in [6.07, 6.45) is 1.79. The molecule has 3 aromatic carbocycles. The van der Waals surface area contributed by atoms with Gasteiger partial charge in [0.1, 0.15) is 0 Å². The Morgan fingerprint density at radius 3 is 2.77 bits per heavy atom. The van der Waals surface area contributed by atoms with E-state index in [1.807, 2.05) is 66.7 Å². The second-order valence-corrected chi connectivity index (χ2v) is 10.0. The second-order valence-electron chi connectivity index (χ2n) is 8.50. The summed E-state index contributed by atoms with van der Waals surface area (Å²) in [6.45, 7) is 2.05. The van der Waals surface area contributed by atoms with Crippen LogP contribution in [0.15, 0.2) is 93.2 Å². The van der Waals surface area contributed by atoms with Gasteiger partial charge in [-0.3, -0.25) is 9.69 Å². The number of amides is 1. The summed E-state index contributed by atoms with van der Waals surface area (Å²) < 4.78 is 5.48. The molecule has 1 amide bonds. The molecule has 1 aliphatic heterocycles. The number of carbonyl (C=O) groups is 1. The molecule has 6 nitrogen and oxygen atoms in total. The predicted molar refractivity (Wildman–Crippen MR) is 138 cm³/mol. The summed E-state index contributed by atoms with van der Waals surface area (Å²) in [5.74, 6) is 0.988. The molecule has 0 bridgehead atoms. The molecule has 35 heavy (non-hydrogen) atoms. The van der Waals surface area contributed by atoms with Gasteiger partial charge in [-0.25, -0.2) is 0 Å². The lowest BCUT2D eigenvalue weighted by molar-refractivity contribution is -0.121. The van der Waals surface area contributed by atoms with Crippen LogP contribution in [0.25, 0.3) is 11.4 Å². The molecular formula is C27H25ClN4O2S. The molecule has 1 saturated heterocycles. The van der Waals surface area contributed by atoms with E-state index in [0.717, 1.165) is 40.4 Å². The Morgan fingerprint density at radius 2 is 1.91 bits per heavy atom. The number of piperidine rings is 1. The van der Waals surface area contributed by atoms with Gasteiger partial charge < -0.3 is 9.84 Å². The zero-order chi connectivity index (χ0) is 24.0. The van der Waals surface area contributed by atoms with Crippen LogP contribution in [0.2, 0.25) is 5.02 Å². The first-order chi connectivity index (χ1) is 17.1. The van der Waals surface area contributed by atoms with Gasteiger partial charge >= 0.3 is 0 Å². The first-order valence-corrected chi connectivity index (χ1v) is 12.8. The van der Waals surface area contributed by atoms with Gasteiger partial charge in [0.15, 0.2) is 0 Å². The third-order valence-electron chi connectivity index (χ3n) is 5.90. The highest BCUT2D eigenvalue weighted by Gasteiger charge is 2.27. The van der Waals surface area contributed by atoms with Crippen molar-refractivity contribution in [3.63, 3.8) is 0 Å². The lowest BCUT2D eigenvalue weighted by Gasteiger charge is -2.31. The second kappa shape index (κ2) is 11.1. The van der Waals surface area contributed by atoms with Crippen LogP contribution in [0.3, 0.4) is 0 Å². The molecule has 1 fully saturated rings. The van der Waals surface area contributed by atoms with Crippen LogP contribution < -0.4 is 5.32 Å². The van der Waals surface area contributed by atoms with Crippen molar-refractivity contribution in [2.45, 2.75) is 29.2 Å². The summed E-state index contributed by atoms with van der Waals surface area (Å²) in [5.41, 5.74) is 1.65. The number of para-hydroxylation sites is 1. The average molecular weight is 505 g/mol. The fraction of sp³-hybridized carbons (Fsp3) is 0.222. The summed E-state index contributed by atoms with van der Waals surface area (Å²) in [6, 6.07) is 25.5. The topological polar surface area (TPSA) is 71.3 Å². The van der Waals surface area contributed by atoms with Crippen LogP contribution in [0.5, 0.6) is 0 Å². The minimum Gasteiger partial charge on any atom is -0.338 e. The van der Waals surface area contributed by atoms with E-state index < -0.39 is 0 Å². The van der Waals surface area contributed by atoms with E-state index >= 15 is 0 Å². The molecular weight excluding hydrogens is 480 g/mol. The highest BCUT2D eigenvalue weighted by atomic mass is 35.5. The molecule has 1 atom stereocenters. The molecule has 0 spiro atoms.